The highest BCUT2D eigenvalue weighted by atomic mass is 32.1. The molecule has 0 atom stereocenters. The summed E-state index contributed by atoms with van der Waals surface area (Å²) in [6.07, 6.45) is 2.58. The number of phenols is 1. The van der Waals surface area contributed by atoms with Crippen LogP contribution in [0.4, 0.5) is 5.69 Å². The maximum absolute atomic E-state index is 9.47. The van der Waals surface area contributed by atoms with E-state index < -0.39 is 0 Å². The minimum Gasteiger partial charge on any atom is -0.506 e. The average molecular weight is 274 g/mol. The van der Waals surface area contributed by atoms with E-state index in [1.54, 1.807) is 17.4 Å². The van der Waals surface area contributed by atoms with Gasteiger partial charge in [-0.2, -0.15) is 11.3 Å². The van der Waals surface area contributed by atoms with Gasteiger partial charge in [0.2, 0.25) is 0 Å². The van der Waals surface area contributed by atoms with Crippen molar-refractivity contribution in [3.8, 4) is 5.75 Å². The Bertz CT molecular complexity index is 549. The zero-order valence-electron chi connectivity index (χ0n) is 10.7. The molecule has 0 unspecified atom stereocenters. The summed E-state index contributed by atoms with van der Waals surface area (Å²) >= 11 is 1.74. The lowest BCUT2D eigenvalue weighted by Gasteiger charge is -2.21. The summed E-state index contributed by atoms with van der Waals surface area (Å²) in [7, 11) is 0. The zero-order valence-corrected chi connectivity index (χ0v) is 11.6. The molecule has 1 saturated carbocycles. The molecule has 1 aromatic carbocycles. The van der Waals surface area contributed by atoms with E-state index in [4.69, 9.17) is 5.73 Å². The van der Waals surface area contributed by atoms with Crippen LogP contribution in [0.25, 0.3) is 0 Å². The molecule has 1 heterocycles. The number of aromatic hydroxyl groups is 1. The first kappa shape index (κ1) is 12.5. The minimum absolute atomic E-state index is 0.166. The number of nitrogen functional groups attached to an aromatic ring is 1. The average Bonchev–Trinajstić information content (AvgIpc) is 3.12. The smallest absolute Gasteiger partial charge is 0.138 e. The molecule has 3 rings (SSSR count). The standard InChI is InChI=1S/C15H18N2OS/c16-14-7-11(1-4-15(14)18)8-17(13-2-3-13)9-12-5-6-19-10-12/h1,4-7,10,13,18H,2-3,8-9,16H2. The number of rotatable bonds is 5. The summed E-state index contributed by atoms with van der Waals surface area (Å²) in [6, 6.07) is 8.40. The highest BCUT2D eigenvalue weighted by molar-refractivity contribution is 7.07. The van der Waals surface area contributed by atoms with Gasteiger partial charge in [-0.1, -0.05) is 6.07 Å². The molecule has 0 amide bonds. The van der Waals surface area contributed by atoms with Crippen molar-refractivity contribution in [1.82, 2.24) is 4.90 Å². The van der Waals surface area contributed by atoms with Crippen molar-refractivity contribution in [2.45, 2.75) is 32.0 Å². The van der Waals surface area contributed by atoms with Crippen LogP contribution in [0.1, 0.15) is 24.0 Å². The third-order valence-electron chi connectivity index (χ3n) is 3.51. The minimum atomic E-state index is 0.166. The van der Waals surface area contributed by atoms with E-state index in [2.05, 4.69) is 21.7 Å². The lowest BCUT2D eigenvalue weighted by molar-refractivity contribution is 0.246. The maximum Gasteiger partial charge on any atom is 0.138 e. The molecule has 19 heavy (non-hydrogen) atoms. The van der Waals surface area contributed by atoms with E-state index in [0.717, 1.165) is 18.7 Å². The van der Waals surface area contributed by atoms with Crippen LogP contribution in [-0.4, -0.2) is 16.0 Å². The van der Waals surface area contributed by atoms with Crippen LogP contribution in [0.2, 0.25) is 0 Å². The predicted molar refractivity (Wildman–Crippen MR) is 79.1 cm³/mol. The normalized spacial score (nSPS) is 15.0. The second kappa shape index (κ2) is 5.23. The first-order valence-corrected chi connectivity index (χ1v) is 7.49. The van der Waals surface area contributed by atoms with Crippen LogP contribution in [0.3, 0.4) is 0 Å². The first-order chi connectivity index (χ1) is 9.22. The zero-order chi connectivity index (χ0) is 13.2. The van der Waals surface area contributed by atoms with Crippen LogP contribution < -0.4 is 5.73 Å². The Morgan fingerprint density at radius 1 is 1.21 bits per heavy atom. The largest absolute Gasteiger partial charge is 0.506 e. The fourth-order valence-electron chi connectivity index (χ4n) is 2.31. The number of phenolic OH excluding ortho intramolecular Hbond substituents is 1. The summed E-state index contributed by atoms with van der Waals surface area (Å²) < 4.78 is 0. The number of nitrogens with zero attached hydrogens (tertiary/aromatic N) is 1. The molecule has 1 fully saturated rings. The van der Waals surface area contributed by atoms with Gasteiger partial charge in [0.05, 0.1) is 5.69 Å². The van der Waals surface area contributed by atoms with Crippen LogP contribution >= 0.6 is 11.3 Å². The maximum atomic E-state index is 9.47. The molecule has 100 valence electrons. The Kier molecular flexibility index (Phi) is 3.44. The van der Waals surface area contributed by atoms with E-state index in [1.807, 2.05) is 12.1 Å². The topological polar surface area (TPSA) is 49.5 Å². The van der Waals surface area contributed by atoms with E-state index in [9.17, 15) is 5.11 Å². The van der Waals surface area contributed by atoms with E-state index in [-0.39, 0.29) is 5.75 Å². The number of benzene rings is 1. The van der Waals surface area contributed by atoms with Gasteiger partial charge < -0.3 is 10.8 Å². The Hall–Kier alpha value is -1.52. The summed E-state index contributed by atoms with van der Waals surface area (Å²) in [5.74, 6) is 0.166. The van der Waals surface area contributed by atoms with Crippen LogP contribution in [0.5, 0.6) is 5.75 Å². The predicted octanol–water partition coefficient (Wildman–Crippen LogP) is 3.20. The van der Waals surface area contributed by atoms with Gasteiger partial charge in [-0.25, -0.2) is 0 Å². The molecule has 2 aromatic rings. The van der Waals surface area contributed by atoms with Crippen molar-refractivity contribution >= 4 is 17.0 Å². The molecule has 0 saturated heterocycles. The van der Waals surface area contributed by atoms with Crippen molar-refractivity contribution in [2.24, 2.45) is 0 Å². The first-order valence-electron chi connectivity index (χ1n) is 6.55. The number of hydrogen-bond donors (Lipinski definition) is 2. The fourth-order valence-corrected chi connectivity index (χ4v) is 2.97. The molecule has 1 aliphatic rings. The SMILES string of the molecule is Nc1cc(CN(Cc2ccsc2)C2CC2)ccc1O. The summed E-state index contributed by atoms with van der Waals surface area (Å²) in [6.45, 7) is 1.89. The molecule has 1 aromatic heterocycles. The van der Waals surface area contributed by atoms with Crippen LogP contribution in [0, 0.1) is 0 Å². The molecule has 3 nitrogen and oxygen atoms in total. The molecule has 0 radical (unpaired) electrons. The van der Waals surface area contributed by atoms with Gasteiger partial charge in [-0.3, -0.25) is 4.90 Å². The molecule has 0 bridgehead atoms. The second-order valence-corrected chi connectivity index (χ2v) is 5.94. The van der Waals surface area contributed by atoms with E-state index in [0.29, 0.717) is 11.7 Å². The van der Waals surface area contributed by atoms with Gasteiger partial charge in [0, 0.05) is 19.1 Å². The summed E-state index contributed by atoms with van der Waals surface area (Å²) in [4.78, 5) is 2.49. The van der Waals surface area contributed by atoms with E-state index >= 15 is 0 Å². The lowest BCUT2D eigenvalue weighted by Crippen LogP contribution is -2.24. The number of nitrogens with two attached hydrogens (primary N) is 1. The molecule has 4 heteroatoms. The number of anilines is 1. The molecule has 3 N–H and O–H groups in total. The van der Waals surface area contributed by atoms with E-state index in [1.165, 1.54) is 18.4 Å². The van der Waals surface area contributed by atoms with Gasteiger partial charge in [0.25, 0.3) is 0 Å². The quantitative estimate of drug-likeness (QED) is 0.650. The van der Waals surface area contributed by atoms with Gasteiger partial charge in [-0.15, -0.1) is 0 Å². The highest BCUT2D eigenvalue weighted by Gasteiger charge is 2.29. The Labute approximate surface area is 117 Å². The summed E-state index contributed by atoms with van der Waals surface area (Å²) in [5, 5.41) is 13.8. The lowest BCUT2D eigenvalue weighted by atomic mass is 10.1. The third-order valence-corrected chi connectivity index (χ3v) is 4.24. The molecule has 1 aliphatic carbocycles. The van der Waals surface area contributed by atoms with Crippen molar-refractivity contribution in [2.75, 3.05) is 5.73 Å². The Morgan fingerprint density at radius 2 is 2.00 bits per heavy atom. The third kappa shape index (κ3) is 3.08. The summed E-state index contributed by atoms with van der Waals surface area (Å²) in [5.41, 5.74) is 8.76. The van der Waals surface area contributed by atoms with Crippen molar-refractivity contribution in [3.05, 3.63) is 46.2 Å². The fraction of sp³-hybridized carbons (Fsp3) is 0.333. The van der Waals surface area contributed by atoms with Gasteiger partial charge in [0.1, 0.15) is 5.75 Å². The molecule has 0 aliphatic heterocycles. The molecule has 0 spiro atoms. The monoisotopic (exact) mass is 274 g/mol. The van der Waals surface area contributed by atoms with Crippen molar-refractivity contribution in [3.63, 3.8) is 0 Å². The molecular formula is C15H18N2OS. The van der Waals surface area contributed by atoms with Gasteiger partial charge in [-0.05, 0) is 52.9 Å². The van der Waals surface area contributed by atoms with Crippen LogP contribution in [-0.2, 0) is 13.1 Å². The van der Waals surface area contributed by atoms with Gasteiger partial charge in [0.15, 0.2) is 0 Å². The molecular weight excluding hydrogens is 256 g/mol. The second-order valence-electron chi connectivity index (χ2n) is 5.16. The van der Waals surface area contributed by atoms with Crippen LogP contribution in [0.15, 0.2) is 35.0 Å². The number of hydrogen-bond acceptors (Lipinski definition) is 4. The van der Waals surface area contributed by atoms with Crippen molar-refractivity contribution < 1.29 is 5.11 Å². The van der Waals surface area contributed by atoms with Crippen molar-refractivity contribution in [1.29, 1.82) is 0 Å². The Morgan fingerprint density at radius 3 is 2.63 bits per heavy atom. The Balaban J connectivity index is 1.72. The number of thiophene rings is 1. The van der Waals surface area contributed by atoms with Gasteiger partial charge >= 0.3 is 0 Å². The highest BCUT2D eigenvalue weighted by Crippen LogP contribution is 2.31.